The van der Waals surface area contributed by atoms with Crippen LogP contribution in [0.15, 0.2) is 59.8 Å². The molecule has 0 bridgehead atoms. The first kappa shape index (κ1) is 17.3. The molecule has 1 aliphatic heterocycles. The highest BCUT2D eigenvalue weighted by molar-refractivity contribution is 5.94. The monoisotopic (exact) mass is 339 g/mol. The van der Waals surface area contributed by atoms with Gasteiger partial charge in [0.05, 0.1) is 18.9 Å². The number of hydrazone groups is 1. The van der Waals surface area contributed by atoms with E-state index in [0.29, 0.717) is 5.69 Å². The summed E-state index contributed by atoms with van der Waals surface area (Å²) in [6, 6.07) is 15.6. The lowest BCUT2D eigenvalue weighted by molar-refractivity contribution is -0.928. The number of rotatable bonds is 5. The molecular weight excluding hydrogens is 316 g/mol. The Bertz CT molecular complexity index is 713. The Morgan fingerprint density at radius 1 is 1.16 bits per heavy atom. The van der Waals surface area contributed by atoms with Gasteiger partial charge in [-0.25, -0.2) is 5.43 Å². The van der Waals surface area contributed by atoms with Crippen LogP contribution >= 0.6 is 0 Å². The van der Waals surface area contributed by atoms with E-state index >= 15 is 0 Å². The Hall–Kier alpha value is -2.57. The third-order valence-corrected chi connectivity index (χ3v) is 4.33. The highest BCUT2D eigenvalue weighted by atomic mass is 16.5. The van der Waals surface area contributed by atoms with Crippen molar-refractivity contribution in [2.24, 2.45) is 5.10 Å². The summed E-state index contributed by atoms with van der Waals surface area (Å²) >= 11 is 0. The largest absolute Gasteiger partial charge is 0.370 e. The summed E-state index contributed by atoms with van der Waals surface area (Å²) in [4.78, 5) is 17.6. The summed E-state index contributed by atoms with van der Waals surface area (Å²) < 4.78 is 5.48. The maximum Gasteiger partial charge on any atom is 0.289 e. The highest BCUT2D eigenvalue weighted by Crippen LogP contribution is 2.12. The van der Waals surface area contributed by atoms with E-state index in [1.54, 1.807) is 24.4 Å². The number of carbonyl (C=O) groups is 1. The second kappa shape index (κ2) is 8.50. The van der Waals surface area contributed by atoms with Gasteiger partial charge >= 0.3 is 0 Å². The zero-order chi connectivity index (χ0) is 17.5. The standard InChI is InChI=1S/C19H22N4O2/c1-15(21-22-19(24)17-9-5-6-10-20-17)18(16-7-3-2-4-8-16)23-11-13-25-14-12-23/h2-10,18H,11-14H2,1H3,(H,22,24)/p+1/b21-15-/t18-/m0/s1. The SMILES string of the molecule is C/C(=N/NC(=O)c1ccccn1)[C@@H](c1ccccc1)[NH+]1CCOCC1. The van der Waals surface area contributed by atoms with Gasteiger partial charge in [0.1, 0.15) is 18.8 Å². The van der Waals surface area contributed by atoms with Gasteiger partial charge in [0.15, 0.2) is 6.04 Å². The number of morpholine rings is 1. The number of benzene rings is 1. The molecule has 0 unspecified atom stereocenters. The molecular formula is C19H23N4O2+. The molecule has 2 aromatic rings. The minimum absolute atomic E-state index is 0.0918. The maximum absolute atomic E-state index is 12.2. The zero-order valence-corrected chi connectivity index (χ0v) is 14.3. The van der Waals surface area contributed by atoms with Gasteiger partial charge in [-0.3, -0.25) is 9.78 Å². The predicted molar refractivity (Wildman–Crippen MR) is 95.5 cm³/mol. The van der Waals surface area contributed by atoms with Crippen LogP contribution in [0.5, 0.6) is 0 Å². The fraction of sp³-hybridized carbons (Fsp3) is 0.316. The lowest BCUT2D eigenvalue weighted by atomic mass is 10.0. The van der Waals surface area contributed by atoms with E-state index in [4.69, 9.17) is 4.74 Å². The second-order valence-corrected chi connectivity index (χ2v) is 6.02. The van der Waals surface area contributed by atoms with Crippen molar-refractivity contribution >= 4 is 11.6 Å². The Morgan fingerprint density at radius 2 is 1.88 bits per heavy atom. The summed E-state index contributed by atoms with van der Waals surface area (Å²) in [5, 5.41) is 4.37. The molecule has 1 atom stereocenters. The number of amides is 1. The van der Waals surface area contributed by atoms with Crippen LogP contribution in [0.3, 0.4) is 0 Å². The molecule has 3 rings (SSSR count). The molecule has 1 amide bonds. The van der Waals surface area contributed by atoms with Crippen LogP contribution in [0.1, 0.15) is 29.0 Å². The number of nitrogens with one attached hydrogen (secondary N) is 2. The van der Waals surface area contributed by atoms with Crippen molar-refractivity contribution in [3.05, 3.63) is 66.0 Å². The molecule has 1 saturated heterocycles. The van der Waals surface area contributed by atoms with Gasteiger partial charge in [0.2, 0.25) is 0 Å². The van der Waals surface area contributed by atoms with Crippen molar-refractivity contribution in [3.8, 4) is 0 Å². The topological polar surface area (TPSA) is 68.0 Å². The van der Waals surface area contributed by atoms with E-state index in [-0.39, 0.29) is 11.9 Å². The highest BCUT2D eigenvalue weighted by Gasteiger charge is 2.29. The Labute approximate surface area is 147 Å². The quantitative estimate of drug-likeness (QED) is 0.627. The minimum Gasteiger partial charge on any atom is -0.370 e. The number of quaternary nitrogens is 1. The lowest BCUT2D eigenvalue weighted by Gasteiger charge is -2.31. The summed E-state index contributed by atoms with van der Waals surface area (Å²) in [6.07, 6.45) is 1.59. The van der Waals surface area contributed by atoms with Crippen molar-refractivity contribution < 1.29 is 14.4 Å². The number of hydrogen-bond acceptors (Lipinski definition) is 4. The van der Waals surface area contributed by atoms with Crippen molar-refractivity contribution in [1.29, 1.82) is 0 Å². The number of ether oxygens (including phenoxy) is 1. The predicted octanol–water partition coefficient (Wildman–Crippen LogP) is 0.844. The van der Waals surface area contributed by atoms with Crippen molar-refractivity contribution in [2.75, 3.05) is 26.3 Å². The Morgan fingerprint density at radius 3 is 2.56 bits per heavy atom. The molecule has 0 spiro atoms. The van der Waals surface area contributed by atoms with Crippen molar-refractivity contribution in [3.63, 3.8) is 0 Å². The molecule has 0 radical (unpaired) electrons. The normalized spacial score (nSPS) is 17.1. The second-order valence-electron chi connectivity index (χ2n) is 6.02. The number of carbonyl (C=O) groups excluding carboxylic acids is 1. The first-order valence-electron chi connectivity index (χ1n) is 8.48. The van der Waals surface area contributed by atoms with Gasteiger partial charge in [-0.15, -0.1) is 0 Å². The fourth-order valence-corrected chi connectivity index (χ4v) is 3.10. The van der Waals surface area contributed by atoms with E-state index in [0.717, 1.165) is 32.0 Å². The van der Waals surface area contributed by atoms with E-state index in [1.807, 2.05) is 25.1 Å². The Balaban J connectivity index is 1.78. The molecule has 6 nitrogen and oxygen atoms in total. The third kappa shape index (κ3) is 4.49. The van der Waals surface area contributed by atoms with Crippen molar-refractivity contribution in [1.82, 2.24) is 10.4 Å². The van der Waals surface area contributed by atoms with Gasteiger partial charge in [-0.1, -0.05) is 36.4 Å². The van der Waals surface area contributed by atoms with Crippen LogP contribution in [0, 0.1) is 0 Å². The molecule has 1 aliphatic rings. The smallest absolute Gasteiger partial charge is 0.289 e. The minimum atomic E-state index is -0.302. The van der Waals surface area contributed by atoms with Gasteiger partial charge < -0.3 is 9.64 Å². The van der Waals surface area contributed by atoms with E-state index < -0.39 is 0 Å². The molecule has 0 aliphatic carbocycles. The van der Waals surface area contributed by atoms with Crippen LogP contribution in [0.4, 0.5) is 0 Å². The Kier molecular flexibility index (Phi) is 5.87. The summed E-state index contributed by atoms with van der Waals surface area (Å²) in [5.74, 6) is -0.302. The number of aromatic nitrogens is 1. The molecule has 1 fully saturated rings. The van der Waals surface area contributed by atoms with Gasteiger partial charge in [0.25, 0.3) is 5.91 Å². The van der Waals surface area contributed by atoms with Crippen molar-refractivity contribution in [2.45, 2.75) is 13.0 Å². The third-order valence-electron chi connectivity index (χ3n) is 4.33. The molecule has 6 heteroatoms. The summed E-state index contributed by atoms with van der Waals surface area (Å²) in [7, 11) is 0. The lowest BCUT2D eigenvalue weighted by Crippen LogP contribution is -3.15. The fourth-order valence-electron chi connectivity index (χ4n) is 3.10. The first-order chi connectivity index (χ1) is 12.3. The van der Waals surface area contributed by atoms with Crippen LogP contribution in [-0.2, 0) is 4.74 Å². The number of nitrogens with zero attached hydrogens (tertiary/aromatic N) is 2. The van der Waals surface area contributed by atoms with Crippen LogP contribution in [-0.4, -0.2) is 42.9 Å². The van der Waals surface area contributed by atoms with Gasteiger partial charge in [-0.2, -0.15) is 5.10 Å². The number of pyridine rings is 1. The van der Waals surface area contributed by atoms with Gasteiger partial charge in [-0.05, 0) is 19.1 Å². The average molecular weight is 339 g/mol. The zero-order valence-electron chi connectivity index (χ0n) is 14.3. The van der Waals surface area contributed by atoms with E-state index in [1.165, 1.54) is 10.5 Å². The van der Waals surface area contributed by atoms with Crippen LogP contribution in [0.2, 0.25) is 0 Å². The van der Waals surface area contributed by atoms with E-state index in [2.05, 4.69) is 27.6 Å². The average Bonchev–Trinajstić information content (AvgIpc) is 2.69. The molecule has 0 saturated carbocycles. The van der Waals surface area contributed by atoms with Gasteiger partial charge in [0, 0.05) is 11.8 Å². The molecule has 2 N–H and O–H groups in total. The number of hydrogen-bond donors (Lipinski definition) is 2. The van der Waals surface area contributed by atoms with E-state index in [9.17, 15) is 4.79 Å². The van der Waals surface area contributed by atoms with Crippen LogP contribution < -0.4 is 10.3 Å². The maximum atomic E-state index is 12.2. The molecule has 25 heavy (non-hydrogen) atoms. The molecule has 2 heterocycles. The molecule has 1 aromatic heterocycles. The molecule has 1 aromatic carbocycles. The van der Waals surface area contributed by atoms with Crippen LogP contribution in [0.25, 0.3) is 0 Å². The molecule has 130 valence electrons. The summed E-state index contributed by atoms with van der Waals surface area (Å²) in [5.41, 5.74) is 5.04. The summed E-state index contributed by atoms with van der Waals surface area (Å²) in [6.45, 7) is 5.28. The first-order valence-corrected chi connectivity index (χ1v) is 8.48.